The van der Waals surface area contributed by atoms with E-state index in [1.807, 2.05) is 0 Å². The molecule has 0 aliphatic heterocycles. The van der Waals surface area contributed by atoms with Crippen molar-refractivity contribution in [3.05, 3.63) is 21.0 Å². The molecule has 0 aliphatic rings. The number of furan rings is 1. The monoisotopic (exact) mass is 339 g/mol. The minimum atomic E-state index is -0.627. The Morgan fingerprint density at radius 1 is 1.53 bits per heavy atom. The summed E-state index contributed by atoms with van der Waals surface area (Å²) in [5.41, 5.74) is 5.62. The van der Waals surface area contributed by atoms with Crippen molar-refractivity contribution in [3.8, 4) is 0 Å². The molecule has 0 aromatic carbocycles. The molecule has 2 unspecified atom stereocenters. The van der Waals surface area contributed by atoms with Gasteiger partial charge in [-0.3, -0.25) is 0 Å². The van der Waals surface area contributed by atoms with Gasteiger partial charge in [0.05, 0.1) is 4.47 Å². The third kappa shape index (κ3) is 3.31. The van der Waals surface area contributed by atoms with E-state index in [9.17, 15) is 5.11 Å². The van der Waals surface area contributed by atoms with Crippen molar-refractivity contribution in [3.63, 3.8) is 0 Å². The predicted molar refractivity (Wildman–Crippen MR) is 66.5 cm³/mol. The highest BCUT2D eigenvalue weighted by Crippen LogP contribution is 2.33. The van der Waals surface area contributed by atoms with Crippen LogP contribution in [0.25, 0.3) is 0 Å². The highest BCUT2D eigenvalue weighted by atomic mass is 79.9. The van der Waals surface area contributed by atoms with E-state index < -0.39 is 6.10 Å². The molecule has 5 heteroatoms. The van der Waals surface area contributed by atoms with E-state index in [1.165, 1.54) is 0 Å². The van der Waals surface area contributed by atoms with Crippen LogP contribution in [-0.4, -0.2) is 11.7 Å². The summed E-state index contributed by atoms with van der Waals surface area (Å²) in [6.45, 7) is 2.54. The maximum Gasteiger partial charge on any atom is 0.183 e. The van der Waals surface area contributed by atoms with Crippen molar-refractivity contribution in [2.45, 2.75) is 25.9 Å². The van der Waals surface area contributed by atoms with Gasteiger partial charge in [0, 0.05) is 5.92 Å². The Kier molecular flexibility index (Phi) is 5.32. The second kappa shape index (κ2) is 6.03. The van der Waals surface area contributed by atoms with Crippen molar-refractivity contribution >= 4 is 31.9 Å². The molecule has 1 aromatic heterocycles. The fourth-order valence-electron chi connectivity index (χ4n) is 1.52. The quantitative estimate of drug-likeness (QED) is 0.865. The molecule has 0 spiro atoms. The van der Waals surface area contributed by atoms with Gasteiger partial charge in [-0.05, 0) is 50.9 Å². The first-order valence-corrected chi connectivity index (χ1v) is 6.51. The molecular formula is C10H15Br2NO2. The van der Waals surface area contributed by atoms with Crippen LogP contribution in [0.4, 0.5) is 0 Å². The summed E-state index contributed by atoms with van der Waals surface area (Å²) >= 11 is 6.55. The van der Waals surface area contributed by atoms with Gasteiger partial charge in [0.25, 0.3) is 0 Å². The van der Waals surface area contributed by atoms with Gasteiger partial charge in [-0.2, -0.15) is 0 Å². The third-order valence-corrected chi connectivity index (χ3v) is 4.07. The number of rotatable bonds is 5. The zero-order valence-electron chi connectivity index (χ0n) is 8.54. The molecule has 0 saturated heterocycles. The molecule has 3 nitrogen and oxygen atoms in total. The second-order valence-electron chi connectivity index (χ2n) is 3.50. The lowest BCUT2D eigenvalue weighted by Crippen LogP contribution is -2.21. The molecule has 0 amide bonds. The molecule has 0 bridgehead atoms. The summed E-state index contributed by atoms with van der Waals surface area (Å²) in [4.78, 5) is 0. The summed E-state index contributed by atoms with van der Waals surface area (Å²) in [6.07, 6.45) is 1.27. The smallest absolute Gasteiger partial charge is 0.183 e. The van der Waals surface area contributed by atoms with E-state index in [2.05, 4.69) is 38.8 Å². The van der Waals surface area contributed by atoms with Gasteiger partial charge in [0.15, 0.2) is 4.67 Å². The van der Waals surface area contributed by atoms with Crippen LogP contribution in [0.1, 0.15) is 31.6 Å². The topological polar surface area (TPSA) is 59.4 Å². The number of hydrogen-bond donors (Lipinski definition) is 2. The predicted octanol–water partition coefficient (Wildman–Crippen LogP) is 3.21. The molecule has 15 heavy (non-hydrogen) atoms. The maximum atomic E-state index is 10.0. The molecule has 1 aromatic rings. The number of halogens is 2. The lowest BCUT2D eigenvalue weighted by Gasteiger charge is -2.18. The third-order valence-electron chi connectivity index (χ3n) is 2.36. The first kappa shape index (κ1) is 13.2. The largest absolute Gasteiger partial charge is 0.450 e. The highest BCUT2D eigenvalue weighted by Gasteiger charge is 2.23. The van der Waals surface area contributed by atoms with E-state index in [-0.39, 0.29) is 5.92 Å². The fourth-order valence-corrected chi connectivity index (χ4v) is 2.12. The van der Waals surface area contributed by atoms with Crippen molar-refractivity contribution in [2.75, 3.05) is 6.54 Å². The average Bonchev–Trinajstić information content (AvgIpc) is 2.55. The van der Waals surface area contributed by atoms with Crippen LogP contribution in [0.2, 0.25) is 0 Å². The van der Waals surface area contributed by atoms with E-state index in [4.69, 9.17) is 10.2 Å². The van der Waals surface area contributed by atoms with Crippen molar-refractivity contribution in [2.24, 2.45) is 11.7 Å². The first-order valence-electron chi connectivity index (χ1n) is 4.93. The van der Waals surface area contributed by atoms with E-state index in [0.717, 1.165) is 17.3 Å². The van der Waals surface area contributed by atoms with Crippen molar-refractivity contribution in [1.82, 2.24) is 0 Å². The van der Waals surface area contributed by atoms with Crippen LogP contribution in [0.15, 0.2) is 19.6 Å². The van der Waals surface area contributed by atoms with E-state index in [0.29, 0.717) is 17.0 Å². The van der Waals surface area contributed by atoms with Gasteiger partial charge in [0.2, 0.25) is 0 Å². The van der Waals surface area contributed by atoms with Crippen LogP contribution in [0, 0.1) is 5.92 Å². The SMILES string of the molecule is CCCC(CN)C(O)c1cc(Br)c(Br)o1. The van der Waals surface area contributed by atoms with Crippen LogP contribution in [0.5, 0.6) is 0 Å². The van der Waals surface area contributed by atoms with Crippen molar-refractivity contribution < 1.29 is 9.52 Å². The van der Waals surface area contributed by atoms with Crippen molar-refractivity contribution in [1.29, 1.82) is 0 Å². The lowest BCUT2D eigenvalue weighted by molar-refractivity contribution is 0.0836. The number of nitrogens with two attached hydrogens (primary N) is 1. The van der Waals surface area contributed by atoms with Crippen LogP contribution < -0.4 is 5.73 Å². The molecule has 0 radical (unpaired) electrons. The zero-order chi connectivity index (χ0) is 11.4. The maximum absolute atomic E-state index is 10.0. The van der Waals surface area contributed by atoms with Gasteiger partial charge < -0.3 is 15.3 Å². The van der Waals surface area contributed by atoms with E-state index >= 15 is 0 Å². The summed E-state index contributed by atoms with van der Waals surface area (Å²) in [5, 5.41) is 10.0. The van der Waals surface area contributed by atoms with Crippen LogP contribution in [-0.2, 0) is 0 Å². The van der Waals surface area contributed by atoms with Crippen LogP contribution >= 0.6 is 31.9 Å². The first-order chi connectivity index (χ1) is 7.10. The molecule has 1 rings (SSSR count). The molecule has 0 saturated carbocycles. The summed E-state index contributed by atoms with van der Waals surface area (Å²) in [6, 6.07) is 1.77. The fraction of sp³-hybridized carbons (Fsp3) is 0.600. The van der Waals surface area contributed by atoms with Gasteiger partial charge >= 0.3 is 0 Å². The molecule has 0 fully saturated rings. The summed E-state index contributed by atoms with van der Waals surface area (Å²) < 4.78 is 6.78. The van der Waals surface area contributed by atoms with E-state index in [1.54, 1.807) is 6.07 Å². The lowest BCUT2D eigenvalue weighted by atomic mass is 9.96. The van der Waals surface area contributed by atoms with Gasteiger partial charge in [-0.15, -0.1) is 0 Å². The molecule has 3 N–H and O–H groups in total. The van der Waals surface area contributed by atoms with Gasteiger partial charge in [0.1, 0.15) is 11.9 Å². The molecule has 1 heterocycles. The Morgan fingerprint density at radius 3 is 2.60 bits per heavy atom. The molecule has 86 valence electrons. The number of hydrogen-bond acceptors (Lipinski definition) is 3. The highest BCUT2D eigenvalue weighted by molar-refractivity contribution is 9.13. The molecular weight excluding hydrogens is 326 g/mol. The van der Waals surface area contributed by atoms with Gasteiger partial charge in [-0.25, -0.2) is 0 Å². The Labute approximate surface area is 106 Å². The Morgan fingerprint density at radius 2 is 2.20 bits per heavy atom. The summed E-state index contributed by atoms with van der Waals surface area (Å²) in [7, 11) is 0. The Hall–Kier alpha value is 0.160. The average molecular weight is 341 g/mol. The standard InChI is InChI=1S/C10H15Br2NO2/c1-2-3-6(5-13)9(14)8-4-7(11)10(12)15-8/h4,6,9,14H,2-3,5,13H2,1H3. The molecule has 2 atom stereocenters. The molecule has 0 aliphatic carbocycles. The zero-order valence-corrected chi connectivity index (χ0v) is 11.7. The minimum Gasteiger partial charge on any atom is -0.450 e. The number of aliphatic hydroxyl groups is 1. The van der Waals surface area contributed by atoms with Gasteiger partial charge in [-0.1, -0.05) is 13.3 Å². The normalized spacial score (nSPS) is 15.3. The Bertz CT molecular complexity index is 295. The number of aliphatic hydroxyl groups excluding tert-OH is 1. The summed E-state index contributed by atoms with van der Waals surface area (Å²) in [5.74, 6) is 0.609. The van der Waals surface area contributed by atoms with Crippen LogP contribution in [0.3, 0.4) is 0 Å². The minimum absolute atomic E-state index is 0.0555. The second-order valence-corrected chi connectivity index (χ2v) is 5.07. The Balaban J connectivity index is 2.77.